The van der Waals surface area contributed by atoms with Crippen LogP contribution in [0.2, 0.25) is 0 Å². The first-order valence-corrected chi connectivity index (χ1v) is 14.8. The molecule has 0 N–H and O–H groups in total. The minimum absolute atomic E-state index is 0.315. The largest absolute Gasteiger partial charge is 0.0761 e. The molecule has 1 aliphatic rings. The molecule has 2 atom stereocenters. The Morgan fingerprint density at radius 2 is 0.786 bits per heavy atom. The SMILES string of the molecule is C1=CC(c2ccccc2)C(c2ccc(-c3c4ccccc4c(-c4ccc5ccccc5c4)c4ccccc34)cc2)C=C1. The fourth-order valence-electron chi connectivity index (χ4n) is 6.89. The van der Waals surface area contributed by atoms with E-state index >= 15 is 0 Å². The van der Waals surface area contributed by atoms with Crippen LogP contribution in [0.4, 0.5) is 0 Å². The third-order valence-corrected chi connectivity index (χ3v) is 8.87. The summed E-state index contributed by atoms with van der Waals surface area (Å²) in [6, 6.07) is 53.5. The summed E-state index contributed by atoms with van der Waals surface area (Å²) in [5, 5.41) is 7.68. The van der Waals surface area contributed by atoms with Gasteiger partial charge in [0.15, 0.2) is 0 Å². The van der Waals surface area contributed by atoms with Crippen LogP contribution in [-0.2, 0) is 0 Å². The van der Waals surface area contributed by atoms with Crippen LogP contribution < -0.4 is 0 Å². The molecule has 0 heterocycles. The van der Waals surface area contributed by atoms with E-state index in [-0.39, 0.29) is 0 Å². The second-order valence-corrected chi connectivity index (χ2v) is 11.3. The van der Waals surface area contributed by atoms with Gasteiger partial charge in [0.05, 0.1) is 0 Å². The van der Waals surface area contributed by atoms with Crippen molar-refractivity contribution in [1.82, 2.24) is 0 Å². The van der Waals surface area contributed by atoms with Crippen LogP contribution in [0, 0.1) is 0 Å². The van der Waals surface area contributed by atoms with E-state index in [0.717, 1.165) is 0 Å². The fourth-order valence-corrected chi connectivity index (χ4v) is 6.89. The molecule has 1 aliphatic carbocycles. The van der Waals surface area contributed by atoms with Crippen molar-refractivity contribution < 1.29 is 0 Å². The number of rotatable bonds is 4. The molecular formula is C42H30. The Kier molecular flexibility index (Phi) is 6.04. The summed E-state index contributed by atoms with van der Waals surface area (Å²) in [5.74, 6) is 0.653. The molecule has 0 nitrogen and oxygen atoms in total. The molecule has 0 saturated heterocycles. The van der Waals surface area contributed by atoms with Crippen molar-refractivity contribution in [2.24, 2.45) is 0 Å². The average Bonchev–Trinajstić information content (AvgIpc) is 3.07. The molecule has 0 radical (unpaired) electrons. The lowest BCUT2D eigenvalue weighted by atomic mass is 9.78. The molecule has 2 unspecified atom stereocenters. The zero-order valence-corrected chi connectivity index (χ0v) is 23.3. The van der Waals surface area contributed by atoms with Crippen LogP contribution in [-0.4, -0.2) is 0 Å². The lowest BCUT2D eigenvalue weighted by Gasteiger charge is -2.25. The smallest absolute Gasteiger partial charge is 0.0125 e. The molecule has 0 amide bonds. The standard InChI is InChI=1S/C42H30/c1-2-13-30(14-3-1)35-16-6-7-17-36(35)31-23-25-32(26-24-31)41-37-18-8-10-20-39(37)42(40-21-11-9-19-38(40)41)34-27-22-29-12-4-5-15-33(29)28-34/h1-28,35-36H. The Labute approximate surface area is 246 Å². The van der Waals surface area contributed by atoms with Gasteiger partial charge in [-0.1, -0.05) is 164 Å². The molecule has 42 heavy (non-hydrogen) atoms. The Morgan fingerprint density at radius 1 is 0.333 bits per heavy atom. The van der Waals surface area contributed by atoms with E-state index in [2.05, 4.69) is 170 Å². The predicted molar refractivity (Wildman–Crippen MR) is 180 cm³/mol. The van der Waals surface area contributed by atoms with Crippen molar-refractivity contribution in [3.8, 4) is 22.3 Å². The average molecular weight is 535 g/mol. The Morgan fingerprint density at radius 3 is 1.38 bits per heavy atom. The van der Waals surface area contributed by atoms with Gasteiger partial charge in [0, 0.05) is 11.8 Å². The Balaban J connectivity index is 1.29. The van der Waals surface area contributed by atoms with E-state index in [1.165, 1.54) is 65.7 Å². The number of fused-ring (bicyclic) bond motifs is 3. The summed E-state index contributed by atoms with van der Waals surface area (Å²) < 4.78 is 0. The molecule has 0 saturated carbocycles. The first-order chi connectivity index (χ1) is 20.8. The maximum Gasteiger partial charge on any atom is 0.0125 e. The lowest BCUT2D eigenvalue weighted by Crippen LogP contribution is -2.09. The topological polar surface area (TPSA) is 0 Å². The monoisotopic (exact) mass is 534 g/mol. The molecule has 0 spiro atoms. The summed E-state index contributed by atoms with van der Waals surface area (Å²) in [7, 11) is 0. The first kappa shape index (κ1) is 24.6. The Bertz CT molecular complexity index is 2070. The summed E-state index contributed by atoms with van der Waals surface area (Å²) >= 11 is 0. The molecule has 198 valence electrons. The second kappa shape index (κ2) is 10.3. The van der Waals surface area contributed by atoms with Gasteiger partial charge in [-0.05, 0) is 71.8 Å². The van der Waals surface area contributed by atoms with Crippen molar-refractivity contribution >= 4 is 32.3 Å². The molecule has 7 aromatic carbocycles. The zero-order chi connectivity index (χ0) is 27.9. The van der Waals surface area contributed by atoms with Gasteiger partial charge in [-0.15, -0.1) is 0 Å². The lowest BCUT2D eigenvalue weighted by molar-refractivity contribution is 0.730. The molecular weight excluding hydrogens is 504 g/mol. The van der Waals surface area contributed by atoms with Crippen LogP contribution in [0.25, 0.3) is 54.6 Å². The minimum atomic E-state index is 0.315. The van der Waals surface area contributed by atoms with Crippen LogP contribution in [0.5, 0.6) is 0 Å². The quantitative estimate of drug-likeness (QED) is 0.197. The number of allylic oxidation sites excluding steroid dienone is 4. The highest BCUT2D eigenvalue weighted by Crippen LogP contribution is 2.45. The van der Waals surface area contributed by atoms with Gasteiger partial charge in [0.25, 0.3) is 0 Å². The van der Waals surface area contributed by atoms with Gasteiger partial charge in [0.2, 0.25) is 0 Å². The van der Waals surface area contributed by atoms with Gasteiger partial charge < -0.3 is 0 Å². The van der Waals surface area contributed by atoms with Crippen molar-refractivity contribution in [1.29, 1.82) is 0 Å². The highest BCUT2D eigenvalue weighted by molar-refractivity contribution is 6.21. The second-order valence-electron chi connectivity index (χ2n) is 11.3. The molecule has 8 rings (SSSR count). The zero-order valence-electron chi connectivity index (χ0n) is 23.3. The maximum absolute atomic E-state index is 2.34. The molecule has 0 bridgehead atoms. The van der Waals surface area contributed by atoms with Gasteiger partial charge >= 0.3 is 0 Å². The van der Waals surface area contributed by atoms with Crippen molar-refractivity contribution in [3.05, 3.63) is 181 Å². The third kappa shape index (κ3) is 4.16. The predicted octanol–water partition coefficient (Wildman–Crippen LogP) is 11.5. The van der Waals surface area contributed by atoms with Gasteiger partial charge in [-0.2, -0.15) is 0 Å². The van der Waals surface area contributed by atoms with Crippen molar-refractivity contribution in [2.75, 3.05) is 0 Å². The van der Waals surface area contributed by atoms with E-state index in [4.69, 9.17) is 0 Å². The van der Waals surface area contributed by atoms with Gasteiger partial charge in [-0.3, -0.25) is 0 Å². The molecule has 0 aliphatic heterocycles. The molecule has 0 heteroatoms. The van der Waals surface area contributed by atoms with Crippen LogP contribution >= 0.6 is 0 Å². The fraction of sp³-hybridized carbons (Fsp3) is 0.0476. The van der Waals surface area contributed by atoms with Crippen molar-refractivity contribution in [3.63, 3.8) is 0 Å². The van der Waals surface area contributed by atoms with Crippen LogP contribution in [0.1, 0.15) is 23.0 Å². The third-order valence-electron chi connectivity index (χ3n) is 8.87. The normalized spacial score (nSPS) is 16.4. The van der Waals surface area contributed by atoms with Crippen LogP contribution in [0.3, 0.4) is 0 Å². The summed E-state index contributed by atoms with van der Waals surface area (Å²) in [6.07, 6.45) is 9.04. The van der Waals surface area contributed by atoms with Crippen LogP contribution in [0.15, 0.2) is 170 Å². The van der Waals surface area contributed by atoms with E-state index < -0.39 is 0 Å². The number of hydrogen-bond acceptors (Lipinski definition) is 0. The first-order valence-electron chi connectivity index (χ1n) is 14.8. The number of benzene rings is 7. The summed E-state index contributed by atoms with van der Waals surface area (Å²) in [5.41, 5.74) is 7.81. The molecule has 0 fully saturated rings. The molecule has 7 aromatic rings. The molecule has 0 aromatic heterocycles. The Hall–Kier alpha value is -5.20. The summed E-state index contributed by atoms with van der Waals surface area (Å²) in [6.45, 7) is 0. The number of hydrogen-bond donors (Lipinski definition) is 0. The summed E-state index contributed by atoms with van der Waals surface area (Å²) in [4.78, 5) is 0. The van der Waals surface area contributed by atoms with Gasteiger partial charge in [0.1, 0.15) is 0 Å². The maximum atomic E-state index is 2.34. The minimum Gasteiger partial charge on any atom is -0.0761 e. The van der Waals surface area contributed by atoms with Gasteiger partial charge in [-0.25, -0.2) is 0 Å². The van der Waals surface area contributed by atoms with E-state index in [1.54, 1.807) is 0 Å². The van der Waals surface area contributed by atoms with E-state index in [1.807, 2.05) is 0 Å². The highest BCUT2D eigenvalue weighted by atomic mass is 14.3. The van der Waals surface area contributed by atoms with Crippen molar-refractivity contribution in [2.45, 2.75) is 11.8 Å². The van der Waals surface area contributed by atoms with E-state index in [0.29, 0.717) is 11.8 Å². The van der Waals surface area contributed by atoms with E-state index in [9.17, 15) is 0 Å². The highest BCUT2D eigenvalue weighted by Gasteiger charge is 2.23.